The summed E-state index contributed by atoms with van der Waals surface area (Å²) in [7, 11) is 0. The third-order valence-corrected chi connectivity index (χ3v) is 7.07. The lowest BCUT2D eigenvalue weighted by Crippen LogP contribution is -2.49. The molecule has 9 heteroatoms. The SMILES string of the molecule is CCc1c(F)ccc2cc(O)cc(-c3ncc4c(N5CCCC6(C5)OCCO6)nc(C)nc4c3F)c12. The Morgan fingerprint density at radius 1 is 1.14 bits per heavy atom. The topological polar surface area (TPSA) is 80.6 Å². The van der Waals surface area contributed by atoms with Gasteiger partial charge in [0.2, 0.25) is 0 Å². The standard InChI is InChI=1S/C27H26F2N4O3/c1-3-18-21(28)6-5-16-11-17(34)12-19(22(16)18)24-23(29)25-20(13-30-24)26(32-15(2)31-25)33-8-4-7-27(14-33)35-9-10-36-27/h5-6,11-13,34H,3-4,7-10,14H2,1-2H3. The van der Waals surface area contributed by atoms with Crippen molar-refractivity contribution in [3.63, 3.8) is 0 Å². The molecule has 2 aromatic carbocycles. The molecule has 2 aromatic heterocycles. The summed E-state index contributed by atoms with van der Waals surface area (Å²) in [5.41, 5.74) is 0.897. The molecule has 186 valence electrons. The van der Waals surface area contributed by atoms with Crippen LogP contribution >= 0.6 is 0 Å². The van der Waals surface area contributed by atoms with Crippen LogP contribution in [-0.4, -0.2) is 52.1 Å². The number of pyridine rings is 1. The molecule has 2 aliphatic heterocycles. The van der Waals surface area contributed by atoms with E-state index in [-0.39, 0.29) is 22.8 Å². The first-order valence-electron chi connectivity index (χ1n) is 12.2. The number of halogens is 2. The van der Waals surface area contributed by atoms with Gasteiger partial charge in [-0.15, -0.1) is 0 Å². The number of aromatic hydroxyl groups is 1. The van der Waals surface area contributed by atoms with Gasteiger partial charge in [0, 0.05) is 24.7 Å². The first-order valence-corrected chi connectivity index (χ1v) is 12.2. The maximum absolute atomic E-state index is 16.2. The number of phenolic OH excluding ortho intramolecular Hbond substituents is 1. The van der Waals surface area contributed by atoms with Gasteiger partial charge >= 0.3 is 0 Å². The van der Waals surface area contributed by atoms with Crippen LogP contribution in [0.1, 0.15) is 31.2 Å². The minimum atomic E-state index is -0.670. The number of fused-ring (bicyclic) bond motifs is 2. The number of benzene rings is 2. The van der Waals surface area contributed by atoms with E-state index in [1.165, 1.54) is 12.1 Å². The van der Waals surface area contributed by atoms with Crippen LogP contribution in [-0.2, 0) is 15.9 Å². The number of anilines is 1. The zero-order chi connectivity index (χ0) is 25.0. The average Bonchev–Trinajstić information content (AvgIpc) is 3.31. The Labute approximate surface area is 206 Å². The fraction of sp³-hybridized carbons (Fsp3) is 0.370. The molecule has 0 bridgehead atoms. The van der Waals surface area contributed by atoms with Gasteiger partial charge in [-0.25, -0.2) is 18.7 Å². The van der Waals surface area contributed by atoms with E-state index in [0.717, 1.165) is 19.4 Å². The predicted molar refractivity (Wildman–Crippen MR) is 132 cm³/mol. The van der Waals surface area contributed by atoms with E-state index in [4.69, 9.17) is 9.47 Å². The molecule has 6 rings (SSSR count). The molecular weight excluding hydrogens is 466 g/mol. The smallest absolute Gasteiger partial charge is 0.186 e. The molecule has 2 saturated heterocycles. The zero-order valence-corrected chi connectivity index (χ0v) is 20.1. The van der Waals surface area contributed by atoms with Gasteiger partial charge < -0.3 is 19.5 Å². The molecule has 7 nitrogen and oxygen atoms in total. The summed E-state index contributed by atoms with van der Waals surface area (Å²) in [6, 6.07) is 5.91. The van der Waals surface area contributed by atoms with Crippen molar-refractivity contribution in [1.29, 1.82) is 0 Å². The second kappa shape index (κ2) is 8.60. The molecule has 4 aromatic rings. The highest BCUT2D eigenvalue weighted by Gasteiger charge is 2.41. The summed E-state index contributed by atoms with van der Waals surface area (Å²) in [5.74, 6) is -0.748. The fourth-order valence-electron chi connectivity index (χ4n) is 5.51. The van der Waals surface area contributed by atoms with Crippen LogP contribution in [0.4, 0.5) is 14.6 Å². The molecule has 4 heterocycles. The van der Waals surface area contributed by atoms with Gasteiger partial charge in [-0.1, -0.05) is 13.0 Å². The number of phenols is 1. The third kappa shape index (κ3) is 3.65. The average molecular weight is 493 g/mol. The molecule has 2 fully saturated rings. The third-order valence-electron chi connectivity index (χ3n) is 7.07. The Morgan fingerprint density at radius 2 is 1.94 bits per heavy atom. The maximum Gasteiger partial charge on any atom is 0.186 e. The fourth-order valence-corrected chi connectivity index (χ4v) is 5.51. The first kappa shape index (κ1) is 23.0. The van der Waals surface area contributed by atoms with Crippen LogP contribution in [0.5, 0.6) is 5.75 Å². The maximum atomic E-state index is 16.2. The van der Waals surface area contributed by atoms with Crippen molar-refractivity contribution in [2.45, 2.75) is 38.9 Å². The van der Waals surface area contributed by atoms with Crippen LogP contribution in [0.2, 0.25) is 0 Å². The van der Waals surface area contributed by atoms with E-state index in [9.17, 15) is 9.50 Å². The van der Waals surface area contributed by atoms with Crippen molar-refractivity contribution in [2.24, 2.45) is 0 Å². The van der Waals surface area contributed by atoms with E-state index in [1.54, 1.807) is 25.3 Å². The van der Waals surface area contributed by atoms with Crippen LogP contribution < -0.4 is 4.90 Å². The number of nitrogens with zero attached hydrogens (tertiary/aromatic N) is 4. The van der Waals surface area contributed by atoms with Crippen molar-refractivity contribution in [1.82, 2.24) is 15.0 Å². The molecule has 1 spiro atoms. The largest absolute Gasteiger partial charge is 0.508 e. The molecule has 1 N–H and O–H groups in total. The van der Waals surface area contributed by atoms with Gasteiger partial charge in [-0.2, -0.15) is 0 Å². The first-order chi connectivity index (χ1) is 17.4. The lowest BCUT2D eigenvalue weighted by molar-refractivity contribution is -0.161. The molecule has 0 atom stereocenters. The van der Waals surface area contributed by atoms with Gasteiger partial charge in [0.05, 0.1) is 25.1 Å². The normalized spacial score (nSPS) is 17.5. The molecular formula is C27H26F2N4O3. The van der Waals surface area contributed by atoms with Gasteiger partial charge in [0.25, 0.3) is 0 Å². The Hall–Kier alpha value is -3.43. The number of aromatic nitrogens is 3. The highest BCUT2D eigenvalue weighted by Crippen LogP contribution is 2.39. The number of rotatable bonds is 3. The highest BCUT2D eigenvalue weighted by atomic mass is 19.1. The summed E-state index contributed by atoms with van der Waals surface area (Å²) in [4.78, 5) is 15.6. The second-order valence-corrected chi connectivity index (χ2v) is 9.38. The Bertz CT molecular complexity index is 1500. The number of aryl methyl sites for hydroxylation is 2. The second-order valence-electron chi connectivity index (χ2n) is 9.38. The van der Waals surface area contributed by atoms with E-state index in [2.05, 4.69) is 15.0 Å². The lowest BCUT2D eigenvalue weighted by atomic mass is 9.94. The van der Waals surface area contributed by atoms with Crippen LogP contribution in [0.15, 0.2) is 30.5 Å². The summed E-state index contributed by atoms with van der Waals surface area (Å²) in [5, 5.41) is 12.0. The summed E-state index contributed by atoms with van der Waals surface area (Å²) in [6.45, 7) is 5.87. The Balaban J connectivity index is 1.54. The highest BCUT2D eigenvalue weighted by molar-refractivity contribution is 6.01. The minimum Gasteiger partial charge on any atom is -0.508 e. The van der Waals surface area contributed by atoms with Gasteiger partial charge in [0.15, 0.2) is 11.6 Å². The number of ether oxygens (including phenoxy) is 2. The summed E-state index contributed by atoms with van der Waals surface area (Å²) < 4.78 is 42.7. The van der Waals surface area contributed by atoms with Gasteiger partial charge in [-0.3, -0.25) is 4.98 Å². The molecule has 0 radical (unpaired) electrons. The van der Waals surface area contributed by atoms with Crippen molar-refractivity contribution in [3.8, 4) is 17.0 Å². The predicted octanol–water partition coefficient (Wildman–Crippen LogP) is 5.04. The van der Waals surface area contributed by atoms with Crippen LogP contribution in [0, 0.1) is 18.6 Å². The van der Waals surface area contributed by atoms with Crippen LogP contribution in [0.25, 0.3) is 32.9 Å². The van der Waals surface area contributed by atoms with Crippen molar-refractivity contribution in [2.75, 3.05) is 31.2 Å². The molecule has 0 saturated carbocycles. The number of piperidine rings is 1. The molecule has 2 aliphatic rings. The van der Waals surface area contributed by atoms with E-state index in [0.29, 0.717) is 65.1 Å². The number of hydrogen-bond acceptors (Lipinski definition) is 7. The molecule has 36 heavy (non-hydrogen) atoms. The Morgan fingerprint density at radius 3 is 2.72 bits per heavy atom. The Kier molecular flexibility index (Phi) is 5.49. The van der Waals surface area contributed by atoms with E-state index >= 15 is 4.39 Å². The van der Waals surface area contributed by atoms with Crippen LogP contribution in [0.3, 0.4) is 0 Å². The summed E-state index contributed by atoms with van der Waals surface area (Å²) in [6.07, 6.45) is 3.60. The van der Waals surface area contributed by atoms with Crippen molar-refractivity contribution >= 4 is 27.5 Å². The van der Waals surface area contributed by atoms with Gasteiger partial charge in [-0.05, 0) is 54.3 Å². The molecule has 0 aliphatic carbocycles. The summed E-state index contributed by atoms with van der Waals surface area (Å²) >= 11 is 0. The number of hydrogen-bond donors (Lipinski definition) is 1. The molecule has 0 unspecified atom stereocenters. The van der Waals surface area contributed by atoms with Gasteiger partial charge in [0.1, 0.15) is 34.4 Å². The minimum absolute atomic E-state index is 0.00493. The monoisotopic (exact) mass is 492 g/mol. The zero-order valence-electron chi connectivity index (χ0n) is 20.1. The lowest BCUT2D eigenvalue weighted by Gasteiger charge is -2.39. The van der Waals surface area contributed by atoms with E-state index < -0.39 is 11.6 Å². The van der Waals surface area contributed by atoms with E-state index in [1.807, 2.05) is 11.8 Å². The quantitative estimate of drug-likeness (QED) is 0.429. The van der Waals surface area contributed by atoms with Crippen molar-refractivity contribution < 1.29 is 23.4 Å². The molecule has 0 amide bonds. The van der Waals surface area contributed by atoms with Crippen molar-refractivity contribution in [3.05, 3.63) is 53.5 Å².